The highest BCUT2D eigenvalue weighted by Crippen LogP contribution is 2.21. The maximum Gasteiger partial charge on any atom is 0.488 e. The Labute approximate surface area is 172 Å². The Morgan fingerprint density at radius 1 is 1.20 bits per heavy atom. The van der Waals surface area contributed by atoms with Gasteiger partial charge in [-0.2, -0.15) is 14.8 Å². The highest BCUT2D eigenvalue weighted by Gasteiger charge is 2.15. The highest BCUT2D eigenvalue weighted by atomic mass is 16.4. The second-order valence-electron chi connectivity index (χ2n) is 6.83. The molecule has 0 spiro atoms. The molecule has 9 nitrogen and oxygen atoms in total. The number of nitrogens with zero attached hydrogens (tertiary/aromatic N) is 4. The summed E-state index contributed by atoms with van der Waals surface area (Å²) in [6.07, 6.45) is 3.25. The molecule has 0 aliphatic rings. The van der Waals surface area contributed by atoms with E-state index in [-0.39, 0.29) is 0 Å². The zero-order valence-corrected chi connectivity index (χ0v) is 16.1. The molecule has 1 amide bonds. The smallest absolute Gasteiger partial charge is 0.423 e. The standard InChI is InChI=1S/C20H19BN6O3/c1-12-9-24-20(27-17-7-3-6-15(18(22)28)16(17)11-25-27)26-19(12)23-10-13-4-2-5-14(8-13)21(29)30/h2-9,11,29-30H,10H2,1H3,(H2,22,28)(H,23,24,26). The van der Waals surface area contributed by atoms with Crippen molar-refractivity contribution in [3.05, 3.63) is 71.5 Å². The van der Waals surface area contributed by atoms with Crippen LogP contribution in [0.25, 0.3) is 16.9 Å². The number of amides is 1. The number of aromatic nitrogens is 4. The van der Waals surface area contributed by atoms with Gasteiger partial charge in [0.1, 0.15) is 5.82 Å². The van der Waals surface area contributed by atoms with Crippen molar-refractivity contribution in [2.75, 3.05) is 5.32 Å². The number of nitrogens with one attached hydrogen (secondary N) is 1. The van der Waals surface area contributed by atoms with Crippen LogP contribution in [0.2, 0.25) is 0 Å². The first-order valence-corrected chi connectivity index (χ1v) is 9.23. The van der Waals surface area contributed by atoms with Crippen molar-refractivity contribution < 1.29 is 14.8 Å². The van der Waals surface area contributed by atoms with Gasteiger partial charge in [-0.3, -0.25) is 4.79 Å². The third kappa shape index (κ3) is 3.73. The van der Waals surface area contributed by atoms with Crippen LogP contribution in [-0.4, -0.2) is 42.8 Å². The predicted octanol–water partition coefficient (Wildman–Crippen LogP) is 0.515. The van der Waals surface area contributed by atoms with Gasteiger partial charge in [-0.25, -0.2) is 4.98 Å². The number of hydrogen-bond acceptors (Lipinski definition) is 7. The molecule has 10 heteroatoms. The minimum Gasteiger partial charge on any atom is -0.423 e. The van der Waals surface area contributed by atoms with Gasteiger partial charge in [0, 0.05) is 23.7 Å². The molecular weight excluding hydrogens is 383 g/mol. The van der Waals surface area contributed by atoms with Gasteiger partial charge in [-0.1, -0.05) is 30.3 Å². The molecule has 0 aliphatic carbocycles. The lowest BCUT2D eigenvalue weighted by atomic mass is 9.80. The quantitative estimate of drug-likeness (QED) is 0.345. The summed E-state index contributed by atoms with van der Waals surface area (Å²) < 4.78 is 1.55. The first kappa shape index (κ1) is 19.6. The van der Waals surface area contributed by atoms with Gasteiger partial charge < -0.3 is 21.1 Å². The van der Waals surface area contributed by atoms with Crippen LogP contribution in [-0.2, 0) is 6.54 Å². The maximum atomic E-state index is 11.7. The zero-order chi connectivity index (χ0) is 21.3. The molecule has 0 fully saturated rings. The summed E-state index contributed by atoms with van der Waals surface area (Å²) >= 11 is 0. The molecule has 0 bridgehead atoms. The summed E-state index contributed by atoms with van der Waals surface area (Å²) in [5.41, 5.74) is 8.63. The minimum absolute atomic E-state index is 0.347. The van der Waals surface area contributed by atoms with Gasteiger partial charge >= 0.3 is 7.12 Å². The molecule has 5 N–H and O–H groups in total. The van der Waals surface area contributed by atoms with Gasteiger partial charge in [0.25, 0.3) is 5.95 Å². The Morgan fingerprint density at radius 2 is 2.00 bits per heavy atom. The SMILES string of the molecule is Cc1cnc(-n2ncc3c(C(N)=O)cccc32)nc1NCc1cccc(B(O)O)c1. The van der Waals surface area contributed by atoms with E-state index in [1.54, 1.807) is 47.4 Å². The van der Waals surface area contributed by atoms with Crippen molar-refractivity contribution in [2.45, 2.75) is 13.5 Å². The number of carbonyl (C=O) groups is 1. The molecule has 2 heterocycles. The second-order valence-corrected chi connectivity index (χ2v) is 6.83. The number of fused-ring (bicyclic) bond motifs is 1. The number of aryl methyl sites for hydroxylation is 1. The Bertz CT molecular complexity index is 1240. The third-order valence-corrected chi connectivity index (χ3v) is 4.74. The normalized spacial score (nSPS) is 10.9. The van der Waals surface area contributed by atoms with Crippen LogP contribution in [0.5, 0.6) is 0 Å². The molecule has 0 unspecified atom stereocenters. The zero-order valence-electron chi connectivity index (χ0n) is 16.1. The third-order valence-electron chi connectivity index (χ3n) is 4.74. The summed E-state index contributed by atoms with van der Waals surface area (Å²) in [4.78, 5) is 20.6. The largest absolute Gasteiger partial charge is 0.488 e. The molecule has 2 aromatic heterocycles. The number of primary amides is 1. The molecule has 30 heavy (non-hydrogen) atoms. The summed E-state index contributed by atoms with van der Waals surface area (Å²) in [6, 6.07) is 12.2. The van der Waals surface area contributed by atoms with E-state index in [4.69, 9.17) is 5.73 Å². The van der Waals surface area contributed by atoms with Crippen molar-refractivity contribution in [1.29, 1.82) is 0 Å². The van der Waals surface area contributed by atoms with E-state index in [1.807, 2.05) is 19.1 Å². The van der Waals surface area contributed by atoms with E-state index < -0.39 is 13.0 Å². The summed E-state index contributed by atoms with van der Waals surface area (Å²) in [6.45, 7) is 2.32. The predicted molar refractivity (Wildman–Crippen MR) is 114 cm³/mol. The molecule has 0 atom stereocenters. The Hall–Kier alpha value is -3.76. The van der Waals surface area contributed by atoms with Crippen LogP contribution in [0.1, 0.15) is 21.5 Å². The van der Waals surface area contributed by atoms with Crippen LogP contribution in [0.3, 0.4) is 0 Å². The topological polar surface area (TPSA) is 139 Å². The fourth-order valence-corrected chi connectivity index (χ4v) is 3.19. The van der Waals surface area contributed by atoms with Crippen molar-refractivity contribution in [3.8, 4) is 5.95 Å². The lowest BCUT2D eigenvalue weighted by Gasteiger charge is -2.11. The van der Waals surface area contributed by atoms with Crippen LogP contribution in [0.4, 0.5) is 5.82 Å². The van der Waals surface area contributed by atoms with Crippen molar-refractivity contribution in [1.82, 2.24) is 19.7 Å². The van der Waals surface area contributed by atoms with E-state index in [2.05, 4.69) is 20.4 Å². The molecule has 0 saturated carbocycles. The van der Waals surface area contributed by atoms with Crippen molar-refractivity contribution in [2.24, 2.45) is 5.73 Å². The van der Waals surface area contributed by atoms with Gasteiger partial charge in [0.2, 0.25) is 5.91 Å². The van der Waals surface area contributed by atoms with Crippen LogP contribution in [0.15, 0.2) is 54.9 Å². The molecule has 0 aliphatic heterocycles. The number of hydrogen-bond donors (Lipinski definition) is 4. The van der Waals surface area contributed by atoms with Gasteiger partial charge in [0.15, 0.2) is 0 Å². The number of benzene rings is 2. The number of anilines is 1. The molecule has 0 saturated heterocycles. The first-order chi connectivity index (χ1) is 14.4. The number of nitrogens with two attached hydrogens (primary N) is 1. The first-order valence-electron chi connectivity index (χ1n) is 9.23. The molecule has 2 aromatic carbocycles. The lowest BCUT2D eigenvalue weighted by Crippen LogP contribution is -2.30. The van der Waals surface area contributed by atoms with Crippen LogP contribution >= 0.6 is 0 Å². The molecule has 150 valence electrons. The fourth-order valence-electron chi connectivity index (χ4n) is 3.19. The summed E-state index contributed by atoms with van der Waals surface area (Å²) in [7, 11) is -1.52. The fraction of sp³-hybridized carbons (Fsp3) is 0.100. The Morgan fingerprint density at radius 3 is 2.77 bits per heavy atom. The van der Waals surface area contributed by atoms with E-state index in [0.717, 1.165) is 11.1 Å². The van der Waals surface area contributed by atoms with Gasteiger partial charge in [-0.15, -0.1) is 0 Å². The summed E-state index contributed by atoms with van der Waals surface area (Å²) in [5.74, 6) is 0.437. The molecule has 0 radical (unpaired) electrons. The average molecular weight is 402 g/mol. The van der Waals surface area contributed by atoms with Crippen LogP contribution in [0, 0.1) is 6.92 Å². The van der Waals surface area contributed by atoms with E-state index >= 15 is 0 Å². The van der Waals surface area contributed by atoms with Crippen molar-refractivity contribution >= 4 is 35.2 Å². The number of carbonyl (C=O) groups excluding carboxylic acids is 1. The maximum absolute atomic E-state index is 11.7. The van der Waals surface area contributed by atoms with Crippen molar-refractivity contribution in [3.63, 3.8) is 0 Å². The monoisotopic (exact) mass is 402 g/mol. The highest BCUT2D eigenvalue weighted by molar-refractivity contribution is 6.58. The average Bonchev–Trinajstić information content (AvgIpc) is 3.17. The minimum atomic E-state index is -1.52. The molecule has 4 aromatic rings. The van der Waals surface area contributed by atoms with Gasteiger partial charge in [-0.05, 0) is 30.1 Å². The molecule has 4 rings (SSSR count). The lowest BCUT2D eigenvalue weighted by molar-refractivity contribution is 0.100. The molecular formula is C20H19BN6O3. The van der Waals surface area contributed by atoms with E-state index in [1.165, 1.54) is 0 Å². The van der Waals surface area contributed by atoms with E-state index in [0.29, 0.717) is 40.2 Å². The van der Waals surface area contributed by atoms with E-state index in [9.17, 15) is 14.8 Å². The van der Waals surface area contributed by atoms with Crippen LogP contribution < -0.4 is 16.5 Å². The summed E-state index contributed by atoms with van der Waals surface area (Å²) in [5, 5.41) is 26.9. The Balaban J connectivity index is 1.64. The Kier molecular flexibility index (Phi) is 5.17. The second kappa shape index (κ2) is 7.93. The number of rotatable bonds is 6. The van der Waals surface area contributed by atoms with Gasteiger partial charge in [0.05, 0.1) is 17.3 Å².